The molecule has 5 rings (SSSR count). The van der Waals surface area contributed by atoms with Crippen molar-refractivity contribution in [3.05, 3.63) is 64.9 Å². The molecule has 3 atom stereocenters. The van der Waals surface area contributed by atoms with Gasteiger partial charge in [0.25, 0.3) is 12.3 Å². The van der Waals surface area contributed by atoms with Crippen molar-refractivity contribution in [3.8, 4) is 0 Å². The minimum absolute atomic E-state index is 0.0153. The number of hydrogen-bond acceptors (Lipinski definition) is 5. The lowest BCUT2D eigenvalue weighted by molar-refractivity contribution is -0.0182. The van der Waals surface area contributed by atoms with E-state index in [1.807, 2.05) is 0 Å². The second kappa shape index (κ2) is 11.0. The normalized spacial score (nSPS) is 25.6. The van der Waals surface area contributed by atoms with Gasteiger partial charge in [0.15, 0.2) is 5.65 Å². The Morgan fingerprint density at radius 2 is 1.89 bits per heavy atom. The van der Waals surface area contributed by atoms with Crippen LogP contribution in [0.3, 0.4) is 0 Å². The van der Waals surface area contributed by atoms with Crippen molar-refractivity contribution in [3.63, 3.8) is 0 Å². The highest BCUT2D eigenvalue weighted by Gasteiger charge is 2.34. The SMILES string of the molecule is C[C@@H](NC(=O)c1cc(C2CCC(N3CCC(F)[C@@H](O)C3)CC2)c2ncnn2c1)c1cccc(C(F)F)c1F. The molecular weight excluding hydrogens is 502 g/mol. The first-order valence-electron chi connectivity index (χ1n) is 13.0. The summed E-state index contributed by atoms with van der Waals surface area (Å²) in [5.41, 5.74) is 1.13. The Bertz CT molecular complexity index is 1290. The summed E-state index contributed by atoms with van der Waals surface area (Å²) in [4.78, 5) is 19.7. The predicted octanol–water partition coefficient (Wildman–Crippen LogP) is 4.73. The zero-order valence-corrected chi connectivity index (χ0v) is 21.0. The molecule has 0 radical (unpaired) electrons. The molecule has 3 heterocycles. The van der Waals surface area contributed by atoms with Crippen molar-refractivity contribution in [1.29, 1.82) is 0 Å². The molecule has 1 aliphatic carbocycles. The first-order valence-corrected chi connectivity index (χ1v) is 13.0. The quantitative estimate of drug-likeness (QED) is 0.448. The molecule has 0 bridgehead atoms. The lowest BCUT2D eigenvalue weighted by Crippen LogP contribution is -2.50. The van der Waals surface area contributed by atoms with Gasteiger partial charge >= 0.3 is 0 Å². The van der Waals surface area contributed by atoms with E-state index in [2.05, 4.69) is 20.3 Å². The van der Waals surface area contributed by atoms with Crippen LogP contribution in [0.1, 0.15) is 84.5 Å². The summed E-state index contributed by atoms with van der Waals surface area (Å²) in [5, 5.41) is 16.9. The summed E-state index contributed by atoms with van der Waals surface area (Å²) in [7, 11) is 0. The summed E-state index contributed by atoms with van der Waals surface area (Å²) in [5.74, 6) is -1.37. The number of nitrogens with one attached hydrogen (secondary N) is 1. The largest absolute Gasteiger partial charge is 0.389 e. The smallest absolute Gasteiger partial charge is 0.266 e. The molecule has 2 fully saturated rings. The molecule has 38 heavy (non-hydrogen) atoms. The number of aliphatic hydroxyl groups is 1. The number of aliphatic hydroxyl groups excluding tert-OH is 1. The molecule has 2 aromatic heterocycles. The monoisotopic (exact) mass is 533 g/mol. The van der Waals surface area contributed by atoms with Gasteiger partial charge in [0, 0.05) is 36.5 Å². The van der Waals surface area contributed by atoms with Crippen LogP contribution in [0.15, 0.2) is 36.8 Å². The second-order valence-electron chi connectivity index (χ2n) is 10.3. The zero-order chi connectivity index (χ0) is 27.0. The van der Waals surface area contributed by atoms with Crippen LogP contribution in [0, 0.1) is 5.82 Å². The van der Waals surface area contributed by atoms with E-state index in [-0.39, 0.29) is 17.5 Å². The molecule has 1 unspecified atom stereocenters. The molecule has 204 valence electrons. The van der Waals surface area contributed by atoms with Crippen molar-refractivity contribution in [2.24, 2.45) is 0 Å². The van der Waals surface area contributed by atoms with Gasteiger partial charge in [0.05, 0.1) is 23.3 Å². The van der Waals surface area contributed by atoms with Crippen molar-refractivity contribution in [2.45, 2.75) is 75.7 Å². The maximum atomic E-state index is 14.6. The summed E-state index contributed by atoms with van der Waals surface area (Å²) in [6, 6.07) is 4.97. The maximum Gasteiger partial charge on any atom is 0.266 e. The van der Waals surface area contributed by atoms with E-state index in [0.717, 1.165) is 37.3 Å². The van der Waals surface area contributed by atoms with Crippen LogP contribution in [0.25, 0.3) is 5.65 Å². The number of halogens is 4. The lowest BCUT2D eigenvalue weighted by Gasteiger charge is -2.41. The highest BCUT2D eigenvalue weighted by Crippen LogP contribution is 2.37. The van der Waals surface area contributed by atoms with Crippen LogP contribution in [0.2, 0.25) is 0 Å². The van der Waals surface area contributed by atoms with Crippen molar-refractivity contribution < 1.29 is 27.5 Å². The first-order chi connectivity index (χ1) is 18.2. The number of benzene rings is 1. The number of fused-ring (bicyclic) bond motifs is 1. The number of nitrogens with zero attached hydrogens (tertiary/aromatic N) is 4. The molecule has 1 saturated heterocycles. The molecule has 1 aromatic carbocycles. The van der Waals surface area contributed by atoms with Crippen molar-refractivity contribution >= 4 is 11.6 Å². The van der Waals surface area contributed by atoms with Gasteiger partial charge in [-0.1, -0.05) is 18.2 Å². The Kier molecular flexibility index (Phi) is 7.67. The van der Waals surface area contributed by atoms with Crippen molar-refractivity contribution in [1.82, 2.24) is 24.8 Å². The third kappa shape index (κ3) is 5.26. The fourth-order valence-electron chi connectivity index (χ4n) is 5.82. The first kappa shape index (κ1) is 26.6. The second-order valence-corrected chi connectivity index (χ2v) is 10.3. The van der Waals surface area contributed by atoms with E-state index in [4.69, 9.17) is 0 Å². The number of amides is 1. The molecule has 11 heteroatoms. The van der Waals surface area contributed by atoms with E-state index >= 15 is 0 Å². The molecule has 1 saturated carbocycles. The number of piperidine rings is 1. The molecule has 2 aliphatic rings. The highest BCUT2D eigenvalue weighted by atomic mass is 19.3. The number of likely N-dealkylation sites (tertiary alicyclic amines) is 1. The molecule has 1 amide bonds. The number of pyridine rings is 1. The Morgan fingerprint density at radius 1 is 1.16 bits per heavy atom. The Balaban J connectivity index is 1.31. The summed E-state index contributed by atoms with van der Waals surface area (Å²) in [6.45, 7) is 2.53. The maximum absolute atomic E-state index is 14.6. The highest BCUT2D eigenvalue weighted by molar-refractivity contribution is 5.94. The Hall–Kier alpha value is -3.05. The zero-order valence-electron chi connectivity index (χ0n) is 21.0. The van der Waals surface area contributed by atoms with Gasteiger partial charge in [0.1, 0.15) is 18.3 Å². The summed E-state index contributed by atoms with van der Waals surface area (Å²) >= 11 is 0. The molecule has 0 spiro atoms. The van der Waals surface area contributed by atoms with Gasteiger partial charge in [-0.2, -0.15) is 5.10 Å². The fourth-order valence-corrected chi connectivity index (χ4v) is 5.82. The molecule has 1 aliphatic heterocycles. The number of alkyl halides is 3. The van der Waals surface area contributed by atoms with Gasteiger partial charge in [-0.25, -0.2) is 27.1 Å². The van der Waals surface area contributed by atoms with Gasteiger partial charge in [-0.15, -0.1) is 0 Å². The van der Waals surface area contributed by atoms with Gasteiger partial charge in [-0.3, -0.25) is 9.69 Å². The van der Waals surface area contributed by atoms with E-state index < -0.39 is 42.0 Å². The third-order valence-corrected chi connectivity index (χ3v) is 7.96. The minimum atomic E-state index is -2.95. The number of hydrogen-bond donors (Lipinski definition) is 2. The Labute approximate surface area is 217 Å². The van der Waals surface area contributed by atoms with E-state index in [0.29, 0.717) is 30.7 Å². The average molecular weight is 534 g/mol. The summed E-state index contributed by atoms with van der Waals surface area (Å²) < 4.78 is 56.1. The van der Waals surface area contributed by atoms with E-state index in [9.17, 15) is 27.5 Å². The fraction of sp³-hybridized carbons (Fsp3) is 0.519. The van der Waals surface area contributed by atoms with Crippen molar-refractivity contribution in [2.75, 3.05) is 13.1 Å². The number of β-amino-alcohol motifs (C(OH)–C–C–N with tert-alkyl or cyclic N) is 1. The minimum Gasteiger partial charge on any atom is -0.389 e. The van der Waals surface area contributed by atoms with Gasteiger partial charge < -0.3 is 10.4 Å². The number of carbonyl (C=O) groups excluding carboxylic acids is 1. The van der Waals surface area contributed by atoms with Gasteiger partial charge in [0.2, 0.25) is 0 Å². The number of aromatic nitrogens is 3. The van der Waals surface area contributed by atoms with Crippen LogP contribution < -0.4 is 5.32 Å². The van der Waals surface area contributed by atoms with Crippen LogP contribution >= 0.6 is 0 Å². The lowest BCUT2D eigenvalue weighted by atomic mass is 9.80. The molecule has 7 nitrogen and oxygen atoms in total. The standard InChI is InChI=1S/C27H31F4N5O2/c1-15(19-3-2-4-20(24(19)29)25(30)31)34-27(38)17-11-21(26-32-14-33-36(26)12-17)16-5-7-18(8-6-16)35-10-9-22(28)23(37)13-35/h2-4,11-12,14-16,18,22-23,25,37H,5-10,13H2,1H3,(H,34,38)/t15-,16?,18?,22?,23+/m1/s1. The van der Waals surface area contributed by atoms with Crippen LogP contribution in [0.5, 0.6) is 0 Å². The molecular formula is C27H31F4N5O2. The Morgan fingerprint density at radius 3 is 2.61 bits per heavy atom. The van der Waals surface area contributed by atoms with Crippen LogP contribution in [-0.4, -0.2) is 61.9 Å². The van der Waals surface area contributed by atoms with E-state index in [1.54, 1.807) is 23.7 Å². The predicted molar refractivity (Wildman–Crippen MR) is 132 cm³/mol. The average Bonchev–Trinajstić information content (AvgIpc) is 3.38. The summed E-state index contributed by atoms with van der Waals surface area (Å²) in [6.07, 6.45) is 1.68. The topological polar surface area (TPSA) is 82.8 Å². The van der Waals surface area contributed by atoms with Crippen LogP contribution in [-0.2, 0) is 0 Å². The van der Waals surface area contributed by atoms with Gasteiger partial charge in [-0.05, 0) is 51.0 Å². The third-order valence-electron chi connectivity index (χ3n) is 7.96. The van der Waals surface area contributed by atoms with Crippen LogP contribution in [0.4, 0.5) is 17.6 Å². The molecule has 3 aromatic rings. The number of rotatable bonds is 6. The van der Waals surface area contributed by atoms with E-state index in [1.165, 1.54) is 18.5 Å². The molecule has 2 N–H and O–H groups in total. The number of carbonyl (C=O) groups is 1.